The summed E-state index contributed by atoms with van der Waals surface area (Å²) in [5.74, 6) is 0.268. The van der Waals surface area contributed by atoms with Gasteiger partial charge in [-0.2, -0.15) is 13.2 Å². The molecule has 0 N–H and O–H groups in total. The molecule has 0 spiro atoms. The Labute approximate surface area is 192 Å². The van der Waals surface area contributed by atoms with Gasteiger partial charge >= 0.3 is 6.18 Å². The lowest BCUT2D eigenvalue weighted by Crippen LogP contribution is -2.61. The van der Waals surface area contributed by atoms with Crippen LogP contribution >= 0.6 is 0 Å². The van der Waals surface area contributed by atoms with E-state index in [-0.39, 0.29) is 11.5 Å². The van der Waals surface area contributed by atoms with Crippen LogP contribution < -0.4 is 0 Å². The van der Waals surface area contributed by atoms with E-state index in [1.807, 2.05) is 36.4 Å². The van der Waals surface area contributed by atoms with E-state index in [2.05, 4.69) is 29.2 Å². The number of hydrogen-bond acceptors (Lipinski definition) is 2. The van der Waals surface area contributed by atoms with Crippen molar-refractivity contribution in [2.24, 2.45) is 10.9 Å². The van der Waals surface area contributed by atoms with Crippen molar-refractivity contribution in [1.82, 2.24) is 4.90 Å². The molecule has 3 aromatic carbocycles. The fraction of sp³-hybridized carbons (Fsp3) is 0.321. The molecule has 3 heterocycles. The van der Waals surface area contributed by atoms with E-state index in [4.69, 9.17) is 4.99 Å². The normalized spacial score (nSPS) is 25.1. The third kappa shape index (κ3) is 4.22. The van der Waals surface area contributed by atoms with Crippen molar-refractivity contribution in [1.29, 1.82) is 0 Å². The standard InChI is InChI=1S/C28H27F3N2/c29-28(30,31)25-14-8-7-13-23(25)19-32-27(20-33-17-15-24(27)16-18-33)26(21-9-3-1-4-10-21)22-11-5-2-6-12-22/h1-14,19,24,26H,15-18,20H2/b32-19+. The maximum atomic E-state index is 13.7. The number of rotatable bonds is 5. The van der Waals surface area contributed by atoms with E-state index in [1.165, 1.54) is 18.3 Å². The van der Waals surface area contributed by atoms with Gasteiger partial charge in [0.2, 0.25) is 0 Å². The molecule has 2 bridgehead atoms. The van der Waals surface area contributed by atoms with Crippen molar-refractivity contribution in [2.75, 3.05) is 19.6 Å². The smallest absolute Gasteiger partial charge is 0.301 e. The Bertz CT molecular complexity index is 1060. The fourth-order valence-corrected chi connectivity index (χ4v) is 5.74. The molecule has 1 atom stereocenters. The van der Waals surface area contributed by atoms with Crippen molar-refractivity contribution in [3.63, 3.8) is 0 Å². The Hall–Kier alpha value is -2.92. The fourth-order valence-electron chi connectivity index (χ4n) is 5.74. The van der Waals surface area contributed by atoms with E-state index in [0.717, 1.165) is 49.7 Å². The van der Waals surface area contributed by atoms with Gasteiger partial charge in [-0.25, -0.2) is 0 Å². The second-order valence-electron chi connectivity index (χ2n) is 9.14. The maximum Gasteiger partial charge on any atom is 0.417 e. The minimum atomic E-state index is -4.41. The van der Waals surface area contributed by atoms with Crippen LogP contribution in [0.4, 0.5) is 13.2 Å². The minimum Gasteiger partial charge on any atom is -0.301 e. The quantitative estimate of drug-likeness (QED) is 0.411. The average Bonchev–Trinajstić information content (AvgIpc) is 2.85. The lowest BCUT2D eigenvalue weighted by atomic mass is 9.62. The van der Waals surface area contributed by atoms with Gasteiger partial charge < -0.3 is 4.90 Å². The SMILES string of the molecule is FC(F)(F)c1ccccc1/C=N/C1(C(c2ccccc2)c2ccccc2)CN2CCC1CC2. The van der Waals surface area contributed by atoms with Gasteiger partial charge in [0.05, 0.1) is 11.1 Å². The first kappa shape index (κ1) is 21.9. The van der Waals surface area contributed by atoms with Crippen LogP contribution in [0.15, 0.2) is 89.9 Å². The summed E-state index contributed by atoms with van der Waals surface area (Å²) >= 11 is 0. The Kier molecular flexibility index (Phi) is 5.83. The largest absolute Gasteiger partial charge is 0.417 e. The number of benzene rings is 3. The third-order valence-electron chi connectivity index (χ3n) is 7.25. The molecule has 6 rings (SSSR count). The van der Waals surface area contributed by atoms with Crippen LogP contribution in [-0.4, -0.2) is 36.3 Å². The van der Waals surface area contributed by atoms with Gasteiger partial charge in [0.15, 0.2) is 0 Å². The van der Waals surface area contributed by atoms with Crippen molar-refractivity contribution in [3.05, 3.63) is 107 Å². The summed E-state index contributed by atoms with van der Waals surface area (Å²) < 4.78 is 41.0. The number of fused-ring (bicyclic) bond motifs is 3. The molecule has 5 heteroatoms. The van der Waals surface area contributed by atoms with E-state index in [0.29, 0.717) is 5.92 Å². The summed E-state index contributed by atoms with van der Waals surface area (Å²) in [6.45, 7) is 2.80. The highest BCUT2D eigenvalue weighted by Crippen LogP contribution is 2.50. The molecule has 33 heavy (non-hydrogen) atoms. The van der Waals surface area contributed by atoms with E-state index in [9.17, 15) is 13.2 Å². The Morgan fingerprint density at radius 2 is 1.36 bits per heavy atom. The van der Waals surface area contributed by atoms with Gasteiger partial charge in [-0.15, -0.1) is 0 Å². The summed E-state index contributed by atoms with van der Waals surface area (Å²) in [7, 11) is 0. The average molecular weight is 449 g/mol. The number of alkyl halides is 3. The molecule has 3 fully saturated rings. The molecular weight excluding hydrogens is 421 g/mol. The Balaban J connectivity index is 1.67. The first-order valence-corrected chi connectivity index (χ1v) is 11.5. The summed E-state index contributed by atoms with van der Waals surface area (Å²) in [6.07, 6.45) is -0.907. The molecule has 3 saturated heterocycles. The molecule has 0 saturated carbocycles. The van der Waals surface area contributed by atoms with Crippen molar-refractivity contribution in [2.45, 2.75) is 30.5 Å². The molecule has 3 aliphatic heterocycles. The number of hydrogen-bond donors (Lipinski definition) is 0. The van der Waals surface area contributed by atoms with Crippen LogP contribution in [0.25, 0.3) is 0 Å². The first-order chi connectivity index (χ1) is 16.0. The van der Waals surface area contributed by atoms with Crippen LogP contribution in [-0.2, 0) is 6.18 Å². The van der Waals surface area contributed by atoms with Crippen LogP contribution in [0.2, 0.25) is 0 Å². The molecule has 0 aliphatic carbocycles. The van der Waals surface area contributed by atoms with E-state index < -0.39 is 17.3 Å². The highest BCUT2D eigenvalue weighted by Gasteiger charge is 2.52. The highest BCUT2D eigenvalue weighted by molar-refractivity contribution is 5.82. The number of nitrogens with zero attached hydrogens (tertiary/aromatic N) is 2. The monoisotopic (exact) mass is 448 g/mol. The van der Waals surface area contributed by atoms with Gasteiger partial charge in [-0.3, -0.25) is 4.99 Å². The van der Waals surface area contributed by atoms with Crippen molar-refractivity contribution in [3.8, 4) is 0 Å². The second kappa shape index (κ2) is 8.79. The molecule has 3 aromatic rings. The topological polar surface area (TPSA) is 15.6 Å². The first-order valence-electron chi connectivity index (χ1n) is 11.5. The Morgan fingerprint density at radius 3 is 1.88 bits per heavy atom. The van der Waals surface area contributed by atoms with Crippen LogP contribution in [0, 0.1) is 5.92 Å². The molecule has 2 nitrogen and oxygen atoms in total. The van der Waals surface area contributed by atoms with Gasteiger partial charge in [0.1, 0.15) is 0 Å². The zero-order chi connectivity index (χ0) is 22.9. The molecule has 3 aliphatic rings. The number of piperidine rings is 3. The summed E-state index contributed by atoms with van der Waals surface area (Å²) in [5.41, 5.74) is 1.26. The molecule has 0 aromatic heterocycles. The summed E-state index contributed by atoms with van der Waals surface area (Å²) in [4.78, 5) is 7.55. The molecule has 0 amide bonds. The van der Waals surface area contributed by atoms with Gasteiger partial charge in [-0.1, -0.05) is 78.9 Å². The maximum absolute atomic E-state index is 13.7. The Morgan fingerprint density at radius 1 is 0.818 bits per heavy atom. The van der Waals surface area contributed by atoms with Crippen LogP contribution in [0.5, 0.6) is 0 Å². The van der Waals surface area contributed by atoms with Gasteiger partial charge in [0, 0.05) is 24.2 Å². The summed E-state index contributed by atoms with van der Waals surface area (Å²) in [5, 5.41) is 0. The highest BCUT2D eigenvalue weighted by atomic mass is 19.4. The van der Waals surface area contributed by atoms with Gasteiger partial charge in [0.25, 0.3) is 0 Å². The number of aliphatic imine (C=N–C) groups is 1. The molecule has 170 valence electrons. The minimum absolute atomic E-state index is 0.0395. The van der Waals surface area contributed by atoms with E-state index in [1.54, 1.807) is 6.07 Å². The second-order valence-corrected chi connectivity index (χ2v) is 9.14. The van der Waals surface area contributed by atoms with Gasteiger partial charge in [-0.05, 0) is 49.0 Å². The lowest BCUT2D eigenvalue weighted by Gasteiger charge is -2.54. The number of halogens is 3. The van der Waals surface area contributed by atoms with Crippen LogP contribution in [0.3, 0.4) is 0 Å². The van der Waals surface area contributed by atoms with Crippen molar-refractivity contribution >= 4 is 6.21 Å². The molecule has 0 radical (unpaired) electrons. The lowest BCUT2D eigenvalue weighted by molar-refractivity contribution is -0.137. The molecule has 1 unspecified atom stereocenters. The van der Waals surface area contributed by atoms with E-state index >= 15 is 0 Å². The predicted octanol–water partition coefficient (Wildman–Crippen LogP) is 6.42. The van der Waals surface area contributed by atoms with Crippen LogP contribution in [0.1, 0.15) is 41.0 Å². The predicted molar refractivity (Wildman–Crippen MR) is 126 cm³/mol. The zero-order valence-electron chi connectivity index (χ0n) is 18.4. The van der Waals surface area contributed by atoms with Crippen molar-refractivity contribution < 1.29 is 13.2 Å². The third-order valence-corrected chi connectivity index (χ3v) is 7.25. The zero-order valence-corrected chi connectivity index (χ0v) is 18.4. The molecular formula is C28H27F3N2. The summed E-state index contributed by atoms with van der Waals surface area (Å²) in [6, 6.07) is 26.3.